The number of carbonyl (C=O) groups is 1. The van der Waals surface area contributed by atoms with Gasteiger partial charge in [0, 0.05) is 34.7 Å². The van der Waals surface area contributed by atoms with Crippen molar-refractivity contribution in [3.8, 4) is 5.75 Å². The highest BCUT2D eigenvalue weighted by atomic mass is 32.1. The molecule has 0 atom stereocenters. The van der Waals surface area contributed by atoms with Crippen LogP contribution in [0.25, 0.3) is 32.2 Å². The monoisotopic (exact) mass is 473 g/mol. The molecule has 7 nitrogen and oxygen atoms in total. The molecular formula is C26H23N3O4S. The third kappa shape index (κ3) is 3.45. The molecule has 3 aromatic heterocycles. The van der Waals surface area contributed by atoms with Crippen molar-refractivity contribution < 1.29 is 13.9 Å². The van der Waals surface area contributed by atoms with E-state index in [1.165, 1.54) is 4.88 Å². The standard InChI is InChI=1S/C26H23N3O4S/c1-32-21-12-17-15-6-2-4-8-19(15)33-20(17)13-18(21)28-23(30)10-11-29-14-27-25-24(26(29)31)16-7-3-5-9-22(16)34-25/h2,4,6,8,12-14H,3,5,7,9-11H2,1H3,(H,28,30). The number of para-hydroxylation sites is 1. The van der Waals surface area contributed by atoms with Crippen LogP contribution in [0.5, 0.6) is 5.75 Å². The number of hydrogen-bond donors (Lipinski definition) is 1. The molecule has 0 saturated heterocycles. The van der Waals surface area contributed by atoms with Crippen LogP contribution in [0.15, 0.2) is 51.9 Å². The number of amides is 1. The highest BCUT2D eigenvalue weighted by Crippen LogP contribution is 2.36. The molecule has 0 fully saturated rings. The molecule has 3 heterocycles. The first-order valence-corrected chi connectivity index (χ1v) is 12.2. The number of nitrogens with zero attached hydrogens (tertiary/aromatic N) is 2. The van der Waals surface area contributed by atoms with E-state index < -0.39 is 0 Å². The third-order valence-corrected chi connectivity index (χ3v) is 7.69. The van der Waals surface area contributed by atoms with E-state index in [0.29, 0.717) is 17.0 Å². The van der Waals surface area contributed by atoms with Crippen LogP contribution in [0.2, 0.25) is 0 Å². The largest absolute Gasteiger partial charge is 0.495 e. The van der Waals surface area contributed by atoms with Crippen molar-refractivity contribution in [2.45, 2.75) is 38.6 Å². The molecule has 0 radical (unpaired) electrons. The first-order valence-electron chi connectivity index (χ1n) is 11.4. The van der Waals surface area contributed by atoms with Crippen LogP contribution in [-0.2, 0) is 24.2 Å². The zero-order chi connectivity index (χ0) is 23.2. The van der Waals surface area contributed by atoms with Gasteiger partial charge in [-0.25, -0.2) is 4.98 Å². The minimum Gasteiger partial charge on any atom is -0.495 e. The van der Waals surface area contributed by atoms with Gasteiger partial charge >= 0.3 is 0 Å². The average molecular weight is 474 g/mol. The number of rotatable bonds is 5. The number of aryl methyl sites for hydroxylation is 3. The lowest BCUT2D eigenvalue weighted by atomic mass is 9.97. The Labute approximate surface area is 199 Å². The summed E-state index contributed by atoms with van der Waals surface area (Å²) in [6.07, 6.45) is 5.92. The second-order valence-electron chi connectivity index (χ2n) is 8.58. The molecule has 1 N–H and O–H groups in total. The summed E-state index contributed by atoms with van der Waals surface area (Å²) in [6.45, 7) is 0.257. The van der Waals surface area contributed by atoms with E-state index in [1.54, 1.807) is 35.4 Å². The number of hydrogen-bond acceptors (Lipinski definition) is 6. The fourth-order valence-electron chi connectivity index (χ4n) is 4.79. The van der Waals surface area contributed by atoms with Crippen LogP contribution in [0.3, 0.4) is 0 Å². The summed E-state index contributed by atoms with van der Waals surface area (Å²) in [5, 5.41) is 5.57. The average Bonchev–Trinajstić information content (AvgIpc) is 3.41. The second-order valence-corrected chi connectivity index (χ2v) is 9.66. The Kier molecular flexibility index (Phi) is 5.10. The molecular weight excluding hydrogens is 450 g/mol. The highest BCUT2D eigenvalue weighted by Gasteiger charge is 2.20. The zero-order valence-corrected chi connectivity index (χ0v) is 19.5. The topological polar surface area (TPSA) is 86.4 Å². The van der Waals surface area contributed by atoms with Gasteiger partial charge in [0.2, 0.25) is 5.91 Å². The molecule has 34 heavy (non-hydrogen) atoms. The predicted molar refractivity (Wildman–Crippen MR) is 134 cm³/mol. The minimum atomic E-state index is -0.215. The quantitative estimate of drug-likeness (QED) is 0.376. The predicted octanol–water partition coefficient (Wildman–Crippen LogP) is 5.27. The molecule has 1 aliphatic rings. The molecule has 1 amide bonds. The van der Waals surface area contributed by atoms with Crippen molar-refractivity contribution >= 4 is 55.1 Å². The van der Waals surface area contributed by atoms with Gasteiger partial charge in [-0.05, 0) is 43.4 Å². The normalized spacial score (nSPS) is 13.4. The van der Waals surface area contributed by atoms with Gasteiger partial charge in [0.25, 0.3) is 5.56 Å². The Balaban J connectivity index is 1.24. The summed E-state index contributed by atoms with van der Waals surface area (Å²) >= 11 is 1.63. The number of methoxy groups -OCH3 is 1. The van der Waals surface area contributed by atoms with Gasteiger partial charge in [-0.2, -0.15) is 0 Å². The van der Waals surface area contributed by atoms with Crippen LogP contribution >= 0.6 is 11.3 Å². The van der Waals surface area contributed by atoms with Crippen LogP contribution < -0.4 is 15.6 Å². The van der Waals surface area contributed by atoms with Gasteiger partial charge in [0.05, 0.1) is 24.5 Å². The lowest BCUT2D eigenvalue weighted by Crippen LogP contribution is -2.24. The number of fused-ring (bicyclic) bond motifs is 6. The summed E-state index contributed by atoms with van der Waals surface area (Å²) in [7, 11) is 1.57. The maximum Gasteiger partial charge on any atom is 0.262 e. The van der Waals surface area contributed by atoms with Crippen LogP contribution in [-0.4, -0.2) is 22.6 Å². The molecule has 0 saturated carbocycles. The van der Waals surface area contributed by atoms with E-state index in [9.17, 15) is 9.59 Å². The zero-order valence-electron chi connectivity index (χ0n) is 18.7. The Morgan fingerprint density at radius 2 is 2.03 bits per heavy atom. The second kappa shape index (κ2) is 8.29. The van der Waals surface area contributed by atoms with E-state index in [-0.39, 0.29) is 24.4 Å². The van der Waals surface area contributed by atoms with E-state index >= 15 is 0 Å². The fourth-order valence-corrected chi connectivity index (χ4v) is 6.01. The molecule has 6 rings (SSSR count). The number of carbonyl (C=O) groups excluding carboxylic acids is 1. The molecule has 0 bridgehead atoms. The lowest BCUT2D eigenvalue weighted by Gasteiger charge is -2.12. The molecule has 5 aromatic rings. The van der Waals surface area contributed by atoms with Gasteiger partial charge in [-0.3, -0.25) is 14.2 Å². The summed E-state index contributed by atoms with van der Waals surface area (Å²) < 4.78 is 13.0. The van der Waals surface area contributed by atoms with Crippen molar-refractivity contribution in [1.29, 1.82) is 0 Å². The lowest BCUT2D eigenvalue weighted by molar-refractivity contribution is -0.116. The molecule has 0 unspecified atom stereocenters. The summed E-state index contributed by atoms with van der Waals surface area (Å²) in [4.78, 5) is 32.5. The van der Waals surface area contributed by atoms with Crippen molar-refractivity contribution in [2.75, 3.05) is 12.4 Å². The first-order chi connectivity index (χ1) is 16.6. The smallest absolute Gasteiger partial charge is 0.262 e. The number of aromatic nitrogens is 2. The van der Waals surface area contributed by atoms with Crippen LogP contribution in [0, 0.1) is 0 Å². The third-order valence-electron chi connectivity index (χ3n) is 6.49. The Bertz CT molecular complexity index is 1630. The minimum absolute atomic E-state index is 0.0570. The number of thiophene rings is 1. The number of ether oxygens (including phenoxy) is 1. The first kappa shape index (κ1) is 20.9. The number of nitrogens with one attached hydrogen (secondary N) is 1. The number of benzene rings is 2. The summed E-state index contributed by atoms with van der Waals surface area (Å²) in [5.74, 6) is 0.339. The molecule has 0 aliphatic heterocycles. The Morgan fingerprint density at radius 3 is 2.91 bits per heavy atom. The van der Waals surface area contributed by atoms with Crippen LogP contribution in [0.4, 0.5) is 5.69 Å². The summed E-state index contributed by atoms with van der Waals surface area (Å²) in [6, 6.07) is 11.4. The number of furan rings is 1. The summed E-state index contributed by atoms with van der Waals surface area (Å²) in [5.41, 5.74) is 3.09. The van der Waals surface area contributed by atoms with Gasteiger partial charge in [0.1, 0.15) is 21.7 Å². The maximum absolute atomic E-state index is 13.1. The SMILES string of the molecule is COc1cc2c(cc1NC(=O)CCn1cnc3sc4c(c3c1=O)CCCC4)oc1ccccc12. The van der Waals surface area contributed by atoms with Gasteiger partial charge in [-0.15, -0.1) is 11.3 Å². The van der Waals surface area contributed by atoms with E-state index in [4.69, 9.17) is 9.15 Å². The Hall–Kier alpha value is -3.65. The fraction of sp³-hybridized carbons (Fsp3) is 0.269. The number of anilines is 1. The van der Waals surface area contributed by atoms with Gasteiger partial charge in [-0.1, -0.05) is 18.2 Å². The molecule has 8 heteroatoms. The van der Waals surface area contributed by atoms with E-state index in [0.717, 1.165) is 57.8 Å². The molecule has 0 spiro atoms. The molecule has 1 aliphatic carbocycles. The van der Waals surface area contributed by atoms with Crippen molar-refractivity contribution in [3.63, 3.8) is 0 Å². The molecule has 2 aromatic carbocycles. The highest BCUT2D eigenvalue weighted by molar-refractivity contribution is 7.18. The van der Waals surface area contributed by atoms with Crippen molar-refractivity contribution in [3.05, 3.63) is 63.5 Å². The van der Waals surface area contributed by atoms with Gasteiger partial charge in [0.15, 0.2) is 0 Å². The van der Waals surface area contributed by atoms with Crippen molar-refractivity contribution in [1.82, 2.24) is 9.55 Å². The van der Waals surface area contributed by atoms with Crippen molar-refractivity contribution in [2.24, 2.45) is 0 Å². The van der Waals surface area contributed by atoms with E-state index in [1.807, 2.05) is 30.3 Å². The van der Waals surface area contributed by atoms with Gasteiger partial charge < -0.3 is 14.5 Å². The molecule has 172 valence electrons. The Morgan fingerprint density at radius 1 is 1.18 bits per heavy atom. The van der Waals surface area contributed by atoms with Crippen LogP contribution in [0.1, 0.15) is 29.7 Å². The maximum atomic E-state index is 13.1. The van der Waals surface area contributed by atoms with E-state index in [2.05, 4.69) is 10.3 Å².